The zero-order chi connectivity index (χ0) is 20.6. The molecule has 3 aromatic rings. The SMILES string of the molecule is CC(=O)Nc1cccc(Nc2ncnc(NCCOc3ccc(C)cc3)n2)c1C. The molecule has 0 unspecified atom stereocenters. The lowest BCUT2D eigenvalue weighted by Gasteiger charge is -2.13. The Morgan fingerprint density at radius 1 is 1.00 bits per heavy atom. The molecule has 8 heteroatoms. The highest BCUT2D eigenvalue weighted by atomic mass is 16.5. The number of amides is 1. The van der Waals surface area contributed by atoms with E-state index in [1.54, 1.807) is 0 Å². The summed E-state index contributed by atoms with van der Waals surface area (Å²) >= 11 is 0. The van der Waals surface area contributed by atoms with Crippen LogP contribution in [0.15, 0.2) is 48.8 Å². The van der Waals surface area contributed by atoms with E-state index in [1.165, 1.54) is 18.8 Å². The van der Waals surface area contributed by atoms with Crippen molar-refractivity contribution in [3.63, 3.8) is 0 Å². The van der Waals surface area contributed by atoms with Crippen molar-refractivity contribution < 1.29 is 9.53 Å². The Morgan fingerprint density at radius 2 is 1.72 bits per heavy atom. The number of aryl methyl sites for hydroxylation is 1. The molecule has 1 heterocycles. The molecule has 29 heavy (non-hydrogen) atoms. The Kier molecular flexibility index (Phi) is 6.57. The van der Waals surface area contributed by atoms with Crippen LogP contribution in [0.5, 0.6) is 5.75 Å². The van der Waals surface area contributed by atoms with Gasteiger partial charge in [-0.05, 0) is 43.7 Å². The van der Waals surface area contributed by atoms with Gasteiger partial charge in [0.05, 0.1) is 6.54 Å². The van der Waals surface area contributed by atoms with Crippen LogP contribution >= 0.6 is 0 Å². The standard InChI is InChI=1S/C21H24N6O2/c1-14-7-9-17(10-8-14)29-12-11-22-20-23-13-24-21(27-20)26-19-6-4-5-18(15(19)2)25-16(3)28/h4-10,13H,11-12H2,1-3H3,(H,25,28)(H2,22,23,24,26,27). The summed E-state index contributed by atoms with van der Waals surface area (Å²) in [5.74, 6) is 1.56. The number of anilines is 4. The lowest BCUT2D eigenvalue weighted by atomic mass is 10.1. The molecule has 3 rings (SSSR count). The lowest BCUT2D eigenvalue weighted by molar-refractivity contribution is -0.114. The number of rotatable bonds is 8. The average molecular weight is 392 g/mol. The smallest absolute Gasteiger partial charge is 0.232 e. The fraction of sp³-hybridized carbons (Fsp3) is 0.238. The molecule has 0 saturated heterocycles. The number of ether oxygens (including phenoxy) is 1. The molecule has 1 amide bonds. The van der Waals surface area contributed by atoms with Crippen molar-refractivity contribution in [1.29, 1.82) is 0 Å². The van der Waals surface area contributed by atoms with Gasteiger partial charge in [0.25, 0.3) is 0 Å². The first-order chi connectivity index (χ1) is 14.0. The molecule has 2 aromatic carbocycles. The molecule has 0 aliphatic heterocycles. The summed E-state index contributed by atoms with van der Waals surface area (Å²) in [5.41, 5.74) is 3.63. The quantitative estimate of drug-likeness (QED) is 0.503. The van der Waals surface area contributed by atoms with E-state index < -0.39 is 0 Å². The minimum Gasteiger partial charge on any atom is -0.492 e. The minimum absolute atomic E-state index is 0.121. The molecule has 0 saturated carbocycles. The number of benzene rings is 2. The van der Waals surface area contributed by atoms with Crippen molar-refractivity contribution in [2.24, 2.45) is 0 Å². The number of aromatic nitrogens is 3. The molecule has 3 N–H and O–H groups in total. The Hall–Kier alpha value is -3.68. The topological polar surface area (TPSA) is 101 Å². The summed E-state index contributed by atoms with van der Waals surface area (Å²) in [6.45, 7) is 6.46. The Morgan fingerprint density at radius 3 is 2.48 bits per heavy atom. The van der Waals surface area contributed by atoms with Crippen molar-refractivity contribution in [1.82, 2.24) is 15.0 Å². The van der Waals surface area contributed by atoms with Crippen LogP contribution in [0, 0.1) is 13.8 Å². The Labute approximate surface area is 169 Å². The predicted octanol–water partition coefficient (Wildman–Crippen LogP) is 3.68. The Balaban J connectivity index is 1.57. The van der Waals surface area contributed by atoms with Crippen LogP contribution in [0.3, 0.4) is 0 Å². The van der Waals surface area contributed by atoms with E-state index in [9.17, 15) is 4.79 Å². The van der Waals surface area contributed by atoms with Crippen LogP contribution < -0.4 is 20.7 Å². The van der Waals surface area contributed by atoms with Gasteiger partial charge in [0.1, 0.15) is 18.7 Å². The first-order valence-corrected chi connectivity index (χ1v) is 9.28. The summed E-state index contributed by atoms with van der Waals surface area (Å²) in [4.78, 5) is 24.0. The second kappa shape index (κ2) is 9.50. The highest BCUT2D eigenvalue weighted by Gasteiger charge is 2.07. The van der Waals surface area contributed by atoms with Gasteiger partial charge in [-0.1, -0.05) is 23.8 Å². The average Bonchev–Trinajstić information content (AvgIpc) is 2.70. The molecule has 150 valence electrons. The van der Waals surface area contributed by atoms with Crippen molar-refractivity contribution in [2.45, 2.75) is 20.8 Å². The lowest BCUT2D eigenvalue weighted by Crippen LogP contribution is -2.14. The summed E-state index contributed by atoms with van der Waals surface area (Å²) in [5, 5.41) is 9.09. The minimum atomic E-state index is -0.121. The molecular formula is C21H24N6O2. The molecule has 0 aliphatic carbocycles. The fourth-order valence-electron chi connectivity index (χ4n) is 2.62. The highest BCUT2D eigenvalue weighted by molar-refractivity contribution is 5.90. The molecule has 0 aliphatic rings. The summed E-state index contributed by atoms with van der Waals surface area (Å²) in [6.07, 6.45) is 1.44. The van der Waals surface area contributed by atoms with E-state index >= 15 is 0 Å². The second-order valence-corrected chi connectivity index (χ2v) is 6.51. The molecule has 0 spiro atoms. The number of hydrogen-bond acceptors (Lipinski definition) is 7. The van der Waals surface area contributed by atoms with Gasteiger partial charge in [-0.15, -0.1) is 0 Å². The maximum Gasteiger partial charge on any atom is 0.232 e. The highest BCUT2D eigenvalue weighted by Crippen LogP contribution is 2.25. The van der Waals surface area contributed by atoms with Crippen LogP contribution in [-0.4, -0.2) is 34.0 Å². The van der Waals surface area contributed by atoms with Crippen molar-refractivity contribution >= 4 is 29.2 Å². The van der Waals surface area contributed by atoms with Crippen molar-refractivity contribution in [3.05, 3.63) is 59.9 Å². The summed E-state index contributed by atoms with van der Waals surface area (Å²) in [7, 11) is 0. The van der Waals surface area contributed by atoms with Crippen LogP contribution in [0.2, 0.25) is 0 Å². The van der Waals surface area contributed by atoms with E-state index in [2.05, 4.69) is 30.9 Å². The van der Waals surface area contributed by atoms with E-state index in [4.69, 9.17) is 4.74 Å². The number of carbonyl (C=O) groups excluding carboxylic acids is 1. The number of hydrogen-bond donors (Lipinski definition) is 3. The molecule has 0 radical (unpaired) electrons. The second-order valence-electron chi connectivity index (χ2n) is 6.51. The van der Waals surface area contributed by atoms with E-state index in [0.29, 0.717) is 25.0 Å². The third-order valence-electron chi connectivity index (χ3n) is 4.14. The van der Waals surface area contributed by atoms with Gasteiger partial charge in [-0.2, -0.15) is 4.98 Å². The zero-order valence-electron chi connectivity index (χ0n) is 16.7. The number of nitrogens with zero attached hydrogens (tertiary/aromatic N) is 3. The van der Waals surface area contributed by atoms with Crippen molar-refractivity contribution in [3.8, 4) is 5.75 Å². The first kappa shape index (κ1) is 20.1. The van der Waals surface area contributed by atoms with E-state index in [1.807, 2.05) is 56.3 Å². The van der Waals surface area contributed by atoms with Crippen LogP contribution in [0.1, 0.15) is 18.1 Å². The molecule has 0 bridgehead atoms. The van der Waals surface area contributed by atoms with Crippen molar-refractivity contribution in [2.75, 3.05) is 29.1 Å². The largest absolute Gasteiger partial charge is 0.492 e. The summed E-state index contributed by atoms with van der Waals surface area (Å²) in [6, 6.07) is 13.5. The normalized spacial score (nSPS) is 10.3. The predicted molar refractivity (Wildman–Crippen MR) is 114 cm³/mol. The zero-order valence-corrected chi connectivity index (χ0v) is 16.7. The van der Waals surface area contributed by atoms with Gasteiger partial charge in [0.15, 0.2) is 0 Å². The number of nitrogens with one attached hydrogen (secondary N) is 3. The van der Waals surface area contributed by atoms with Gasteiger partial charge in [-0.25, -0.2) is 9.97 Å². The maximum atomic E-state index is 11.3. The molecule has 8 nitrogen and oxygen atoms in total. The summed E-state index contributed by atoms with van der Waals surface area (Å²) < 4.78 is 5.69. The molecule has 0 fully saturated rings. The Bertz CT molecular complexity index is 975. The molecule has 0 atom stereocenters. The third-order valence-corrected chi connectivity index (χ3v) is 4.14. The van der Waals surface area contributed by atoms with E-state index in [0.717, 1.165) is 22.7 Å². The van der Waals surface area contributed by atoms with Gasteiger partial charge in [0.2, 0.25) is 17.8 Å². The van der Waals surface area contributed by atoms with Crippen LogP contribution in [-0.2, 0) is 4.79 Å². The molecular weight excluding hydrogens is 368 g/mol. The molecule has 1 aromatic heterocycles. The van der Waals surface area contributed by atoms with Gasteiger partial charge in [-0.3, -0.25) is 4.79 Å². The first-order valence-electron chi connectivity index (χ1n) is 9.28. The van der Waals surface area contributed by atoms with Crippen LogP contribution in [0.4, 0.5) is 23.3 Å². The van der Waals surface area contributed by atoms with Gasteiger partial charge >= 0.3 is 0 Å². The monoisotopic (exact) mass is 392 g/mol. The number of carbonyl (C=O) groups is 1. The van der Waals surface area contributed by atoms with Gasteiger partial charge < -0.3 is 20.7 Å². The fourth-order valence-corrected chi connectivity index (χ4v) is 2.62. The van der Waals surface area contributed by atoms with Crippen LogP contribution in [0.25, 0.3) is 0 Å². The maximum absolute atomic E-state index is 11.3. The van der Waals surface area contributed by atoms with Gasteiger partial charge in [0, 0.05) is 18.3 Å². The third kappa shape index (κ3) is 5.90. The van der Waals surface area contributed by atoms with E-state index in [-0.39, 0.29) is 5.91 Å².